The third kappa shape index (κ3) is 5.20. The maximum atomic E-state index is 12.1. The van der Waals surface area contributed by atoms with Crippen LogP contribution < -0.4 is 10.6 Å². The molecular formula is C12H26ClN3O3S. The van der Waals surface area contributed by atoms with E-state index in [4.69, 9.17) is 0 Å². The van der Waals surface area contributed by atoms with Gasteiger partial charge in [0, 0.05) is 19.1 Å². The zero-order chi connectivity index (χ0) is 14.5. The number of amides is 1. The zero-order valence-electron chi connectivity index (χ0n) is 12.4. The van der Waals surface area contributed by atoms with Crippen molar-refractivity contribution >= 4 is 28.3 Å². The molecule has 1 rings (SSSR count). The van der Waals surface area contributed by atoms with Crippen LogP contribution in [0.25, 0.3) is 0 Å². The van der Waals surface area contributed by atoms with Gasteiger partial charge in [-0.05, 0) is 33.2 Å². The maximum Gasteiger partial charge on any atom is 0.238 e. The van der Waals surface area contributed by atoms with Crippen molar-refractivity contribution in [3.05, 3.63) is 0 Å². The van der Waals surface area contributed by atoms with E-state index in [-0.39, 0.29) is 30.1 Å². The summed E-state index contributed by atoms with van der Waals surface area (Å²) in [7, 11) is -1.47. The minimum absolute atomic E-state index is 0. The number of sulfonamides is 1. The van der Waals surface area contributed by atoms with Crippen molar-refractivity contribution in [1.82, 2.24) is 14.9 Å². The van der Waals surface area contributed by atoms with Gasteiger partial charge in [0.2, 0.25) is 15.9 Å². The molecule has 0 spiro atoms. The fraction of sp³-hybridized carbons (Fsp3) is 0.917. The number of hydrogen-bond acceptors (Lipinski definition) is 4. The number of rotatable bonds is 7. The summed E-state index contributed by atoms with van der Waals surface area (Å²) in [5.74, 6) is -0.0664. The van der Waals surface area contributed by atoms with Gasteiger partial charge < -0.3 is 10.6 Å². The van der Waals surface area contributed by atoms with Crippen molar-refractivity contribution in [2.75, 3.05) is 25.9 Å². The lowest BCUT2D eigenvalue weighted by Gasteiger charge is -2.23. The Morgan fingerprint density at radius 2 is 2.10 bits per heavy atom. The van der Waals surface area contributed by atoms with Crippen LogP contribution in [0.3, 0.4) is 0 Å². The minimum Gasteiger partial charge on any atom is -0.353 e. The first-order valence-corrected chi connectivity index (χ1v) is 8.47. The van der Waals surface area contributed by atoms with Crippen LogP contribution in [0.4, 0.5) is 0 Å². The summed E-state index contributed by atoms with van der Waals surface area (Å²) in [6.07, 6.45) is 1.94. The average molecular weight is 328 g/mol. The normalized spacial score (nSPS) is 21.2. The molecule has 0 aromatic carbocycles. The molecule has 1 aliphatic heterocycles. The summed E-state index contributed by atoms with van der Waals surface area (Å²) < 4.78 is 25.5. The summed E-state index contributed by atoms with van der Waals surface area (Å²) in [6.45, 7) is 4.76. The molecule has 1 aliphatic rings. The highest BCUT2D eigenvalue weighted by molar-refractivity contribution is 7.89. The van der Waals surface area contributed by atoms with Gasteiger partial charge in [0.25, 0.3) is 0 Å². The van der Waals surface area contributed by atoms with E-state index in [1.807, 2.05) is 20.9 Å². The van der Waals surface area contributed by atoms with Crippen LogP contribution in [-0.2, 0) is 14.8 Å². The molecule has 1 saturated heterocycles. The van der Waals surface area contributed by atoms with Crippen molar-refractivity contribution in [2.45, 2.75) is 45.2 Å². The number of hydrogen-bond donors (Lipinski definition) is 2. The SMILES string of the molecule is CCCS(=O)(=O)N1CCCC1C(=O)NCC(C)NC.Cl. The number of carbonyl (C=O) groups excluding carboxylic acids is 1. The van der Waals surface area contributed by atoms with Gasteiger partial charge >= 0.3 is 0 Å². The molecule has 20 heavy (non-hydrogen) atoms. The smallest absolute Gasteiger partial charge is 0.238 e. The average Bonchev–Trinajstić information content (AvgIpc) is 2.85. The predicted molar refractivity (Wildman–Crippen MR) is 82.6 cm³/mol. The van der Waals surface area contributed by atoms with Gasteiger partial charge in [0.05, 0.1) is 5.75 Å². The van der Waals surface area contributed by atoms with Crippen molar-refractivity contribution in [3.8, 4) is 0 Å². The van der Waals surface area contributed by atoms with Gasteiger partial charge in [-0.1, -0.05) is 6.92 Å². The number of carbonyl (C=O) groups is 1. The lowest BCUT2D eigenvalue weighted by Crippen LogP contribution is -2.48. The van der Waals surface area contributed by atoms with Gasteiger partial charge in [-0.25, -0.2) is 8.42 Å². The van der Waals surface area contributed by atoms with Crippen LogP contribution in [0.2, 0.25) is 0 Å². The predicted octanol–water partition coefficient (Wildman–Crippen LogP) is 0.337. The fourth-order valence-electron chi connectivity index (χ4n) is 2.18. The first kappa shape index (κ1) is 19.6. The van der Waals surface area contributed by atoms with E-state index >= 15 is 0 Å². The van der Waals surface area contributed by atoms with Crippen LogP contribution in [-0.4, -0.2) is 56.6 Å². The Morgan fingerprint density at radius 3 is 2.65 bits per heavy atom. The van der Waals surface area contributed by atoms with Gasteiger partial charge in [0.15, 0.2) is 0 Å². The summed E-state index contributed by atoms with van der Waals surface area (Å²) in [5, 5.41) is 5.84. The Hall–Kier alpha value is -0.370. The molecule has 0 aliphatic carbocycles. The highest BCUT2D eigenvalue weighted by atomic mass is 35.5. The molecule has 0 radical (unpaired) electrons. The second-order valence-corrected chi connectivity index (χ2v) is 7.06. The number of likely N-dealkylation sites (N-methyl/N-ethyl adjacent to an activating group) is 1. The molecule has 0 aromatic heterocycles. The number of halogens is 1. The fourth-order valence-corrected chi connectivity index (χ4v) is 3.93. The molecule has 1 heterocycles. The lowest BCUT2D eigenvalue weighted by molar-refractivity contribution is -0.124. The molecule has 2 N–H and O–H groups in total. The van der Waals surface area contributed by atoms with E-state index in [1.54, 1.807) is 0 Å². The Labute approximate surface area is 128 Å². The third-order valence-corrected chi connectivity index (χ3v) is 5.48. The first-order chi connectivity index (χ1) is 8.92. The highest BCUT2D eigenvalue weighted by Crippen LogP contribution is 2.21. The van der Waals surface area contributed by atoms with Gasteiger partial charge in [-0.2, -0.15) is 4.31 Å². The molecule has 1 fully saturated rings. The molecule has 2 unspecified atom stereocenters. The molecule has 0 saturated carbocycles. The van der Waals surface area contributed by atoms with E-state index in [0.717, 1.165) is 6.42 Å². The van der Waals surface area contributed by atoms with Gasteiger partial charge in [0.1, 0.15) is 6.04 Å². The first-order valence-electron chi connectivity index (χ1n) is 6.86. The monoisotopic (exact) mass is 327 g/mol. The Balaban J connectivity index is 0.00000361. The lowest BCUT2D eigenvalue weighted by atomic mass is 10.2. The standard InChI is InChI=1S/C12H25N3O3S.ClH/c1-4-8-19(17,18)15-7-5-6-11(15)12(16)14-9-10(2)13-3;/h10-11,13H,4-9H2,1-3H3,(H,14,16);1H. The molecular weight excluding hydrogens is 302 g/mol. The van der Waals surface area contributed by atoms with Crippen LogP contribution in [0.5, 0.6) is 0 Å². The van der Waals surface area contributed by atoms with E-state index in [1.165, 1.54) is 4.31 Å². The quantitative estimate of drug-likeness (QED) is 0.706. The largest absolute Gasteiger partial charge is 0.353 e. The third-order valence-electron chi connectivity index (χ3n) is 3.40. The highest BCUT2D eigenvalue weighted by Gasteiger charge is 2.37. The molecule has 1 amide bonds. The molecule has 6 nitrogen and oxygen atoms in total. The second kappa shape index (κ2) is 8.81. The maximum absolute atomic E-state index is 12.1. The Bertz CT molecular complexity index is 403. The van der Waals surface area contributed by atoms with Crippen LogP contribution in [0, 0.1) is 0 Å². The summed E-state index contributed by atoms with van der Waals surface area (Å²) in [5.41, 5.74) is 0. The van der Waals surface area contributed by atoms with Gasteiger partial charge in [-0.3, -0.25) is 4.79 Å². The summed E-state index contributed by atoms with van der Waals surface area (Å²) in [6, 6.07) is -0.355. The van der Waals surface area contributed by atoms with Crippen LogP contribution in [0.15, 0.2) is 0 Å². The molecule has 2 atom stereocenters. The van der Waals surface area contributed by atoms with Gasteiger partial charge in [-0.15, -0.1) is 12.4 Å². The molecule has 8 heteroatoms. The summed E-state index contributed by atoms with van der Waals surface area (Å²) >= 11 is 0. The van der Waals surface area contributed by atoms with Crippen molar-refractivity contribution in [3.63, 3.8) is 0 Å². The van der Waals surface area contributed by atoms with Crippen molar-refractivity contribution < 1.29 is 13.2 Å². The summed E-state index contributed by atoms with van der Waals surface area (Å²) in [4.78, 5) is 12.1. The number of nitrogens with one attached hydrogen (secondary N) is 2. The minimum atomic E-state index is -3.29. The topological polar surface area (TPSA) is 78.5 Å². The molecule has 0 bridgehead atoms. The second-order valence-electron chi connectivity index (χ2n) is 5.02. The Kier molecular flexibility index (Phi) is 8.65. The van der Waals surface area contributed by atoms with Crippen molar-refractivity contribution in [2.24, 2.45) is 0 Å². The van der Waals surface area contributed by atoms with E-state index < -0.39 is 16.1 Å². The van der Waals surface area contributed by atoms with Crippen LogP contribution in [0.1, 0.15) is 33.1 Å². The van der Waals surface area contributed by atoms with E-state index in [2.05, 4.69) is 10.6 Å². The van der Waals surface area contributed by atoms with E-state index in [0.29, 0.717) is 25.9 Å². The zero-order valence-corrected chi connectivity index (χ0v) is 14.0. The molecule has 0 aromatic rings. The van der Waals surface area contributed by atoms with E-state index in [9.17, 15) is 13.2 Å². The molecule has 120 valence electrons. The van der Waals surface area contributed by atoms with Crippen molar-refractivity contribution in [1.29, 1.82) is 0 Å². The Morgan fingerprint density at radius 1 is 1.45 bits per heavy atom. The van der Waals surface area contributed by atoms with Crippen LogP contribution >= 0.6 is 12.4 Å². The number of nitrogens with zero attached hydrogens (tertiary/aromatic N) is 1.